The van der Waals surface area contributed by atoms with Crippen molar-refractivity contribution < 1.29 is 9.53 Å². The van der Waals surface area contributed by atoms with Crippen LogP contribution in [-0.4, -0.2) is 24.4 Å². The summed E-state index contributed by atoms with van der Waals surface area (Å²) in [5, 5.41) is 0. The molecule has 1 atom stereocenters. The van der Waals surface area contributed by atoms with E-state index in [4.69, 9.17) is 10.5 Å². The molecule has 0 saturated carbocycles. The number of benzene rings is 1. The Labute approximate surface area is 126 Å². The zero-order valence-corrected chi connectivity index (χ0v) is 13.6. The summed E-state index contributed by atoms with van der Waals surface area (Å²) in [6.07, 6.45) is 0. The maximum absolute atomic E-state index is 11.4. The topological polar surface area (TPSA) is 52.3 Å². The first-order valence-corrected chi connectivity index (χ1v) is 8.09. The fourth-order valence-electron chi connectivity index (χ4n) is 1.72. The molecule has 112 valence electrons. The SMILES string of the molecule is CCOC(=O)C(N)CSCc1ccc(C(C)(C)C)cc1. The summed E-state index contributed by atoms with van der Waals surface area (Å²) in [5.41, 5.74) is 8.51. The molecular weight excluding hydrogens is 270 g/mol. The Balaban J connectivity index is 2.41. The molecule has 0 aliphatic carbocycles. The van der Waals surface area contributed by atoms with Crippen molar-refractivity contribution in [3.63, 3.8) is 0 Å². The Morgan fingerprint density at radius 1 is 1.30 bits per heavy atom. The third-order valence-electron chi connectivity index (χ3n) is 2.98. The molecule has 1 aromatic rings. The van der Waals surface area contributed by atoms with Gasteiger partial charge in [-0.3, -0.25) is 4.79 Å². The fraction of sp³-hybridized carbons (Fsp3) is 0.562. The lowest BCUT2D eigenvalue weighted by Gasteiger charge is -2.19. The van der Waals surface area contributed by atoms with Crippen molar-refractivity contribution in [3.05, 3.63) is 35.4 Å². The van der Waals surface area contributed by atoms with Crippen LogP contribution < -0.4 is 5.73 Å². The first-order chi connectivity index (χ1) is 9.34. The highest BCUT2D eigenvalue weighted by Gasteiger charge is 2.15. The predicted octanol–water partition coefficient (Wildman–Crippen LogP) is 3.11. The zero-order chi connectivity index (χ0) is 15.2. The molecule has 0 aliphatic heterocycles. The van der Waals surface area contributed by atoms with Crippen LogP contribution in [0, 0.1) is 0 Å². The van der Waals surface area contributed by atoms with Crippen LogP contribution in [0.25, 0.3) is 0 Å². The highest BCUT2D eigenvalue weighted by molar-refractivity contribution is 7.98. The predicted molar refractivity (Wildman–Crippen MR) is 85.9 cm³/mol. The van der Waals surface area contributed by atoms with E-state index in [-0.39, 0.29) is 11.4 Å². The fourth-order valence-corrected chi connectivity index (χ4v) is 2.66. The molecule has 1 aromatic carbocycles. The average molecular weight is 295 g/mol. The summed E-state index contributed by atoms with van der Waals surface area (Å²) in [6.45, 7) is 8.78. The minimum atomic E-state index is -0.534. The van der Waals surface area contributed by atoms with Gasteiger partial charge < -0.3 is 10.5 Å². The normalized spacial score (nSPS) is 13.1. The van der Waals surface area contributed by atoms with E-state index < -0.39 is 6.04 Å². The van der Waals surface area contributed by atoms with Crippen molar-refractivity contribution in [2.45, 2.75) is 44.9 Å². The minimum Gasteiger partial charge on any atom is -0.465 e. The van der Waals surface area contributed by atoms with Gasteiger partial charge in [-0.1, -0.05) is 45.0 Å². The van der Waals surface area contributed by atoms with Gasteiger partial charge in [0.05, 0.1) is 6.61 Å². The van der Waals surface area contributed by atoms with Gasteiger partial charge in [0, 0.05) is 11.5 Å². The molecule has 0 radical (unpaired) electrons. The molecule has 0 aromatic heterocycles. The Morgan fingerprint density at radius 3 is 2.40 bits per heavy atom. The Bertz CT molecular complexity index is 423. The standard InChI is InChI=1S/C16H25NO2S/c1-5-19-15(18)14(17)11-20-10-12-6-8-13(9-7-12)16(2,3)4/h6-9,14H,5,10-11,17H2,1-4H3. The van der Waals surface area contributed by atoms with Crippen molar-refractivity contribution in [3.8, 4) is 0 Å². The lowest BCUT2D eigenvalue weighted by atomic mass is 9.87. The summed E-state index contributed by atoms with van der Waals surface area (Å²) in [7, 11) is 0. The van der Waals surface area contributed by atoms with Gasteiger partial charge in [0.15, 0.2) is 0 Å². The second-order valence-electron chi connectivity index (χ2n) is 5.82. The molecule has 0 amide bonds. The zero-order valence-electron chi connectivity index (χ0n) is 12.8. The van der Waals surface area contributed by atoms with E-state index in [0.717, 1.165) is 5.75 Å². The minimum absolute atomic E-state index is 0.179. The van der Waals surface area contributed by atoms with Crippen LogP contribution in [0.1, 0.15) is 38.8 Å². The second kappa shape index (κ2) is 7.70. The Hall–Kier alpha value is -1.00. The number of carbonyl (C=O) groups excluding carboxylic acids is 1. The number of ether oxygens (including phenoxy) is 1. The van der Waals surface area contributed by atoms with Gasteiger partial charge >= 0.3 is 5.97 Å². The summed E-state index contributed by atoms with van der Waals surface area (Å²) in [6, 6.07) is 8.09. The molecule has 3 nitrogen and oxygen atoms in total. The molecule has 4 heteroatoms. The van der Waals surface area contributed by atoms with Crippen molar-refractivity contribution in [1.82, 2.24) is 0 Å². The lowest BCUT2D eigenvalue weighted by molar-refractivity contribution is -0.144. The smallest absolute Gasteiger partial charge is 0.323 e. The number of nitrogens with two attached hydrogens (primary N) is 1. The van der Waals surface area contributed by atoms with E-state index in [1.165, 1.54) is 11.1 Å². The maximum Gasteiger partial charge on any atom is 0.323 e. The molecule has 20 heavy (non-hydrogen) atoms. The number of carbonyl (C=O) groups is 1. The number of rotatable bonds is 6. The van der Waals surface area contributed by atoms with Crippen LogP contribution in [0.3, 0.4) is 0 Å². The van der Waals surface area contributed by atoms with E-state index in [2.05, 4.69) is 45.0 Å². The van der Waals surface area contributed by atoms with Crippen LogP contribution in [0.2, 0.25) is 0 Å². The first kappa shape index (κ1) is 17.1. The average Bonchev–Trinajstić information content (AvgIpc) is 2.38. The van der Waals surface area contributed by atoms with Crippen LogP contribution in [0.4, 0.5) is 0 Å². The quantitative estimate of drug-likeness (QED) is 0.819. The monoisotopic (exact) mass is 295 g/mol. The number of hydrogen-bond donors (Lipinski definition) is 1. The van der Waals surface area contributed by atoms with E-state index >= 15 is 0 Å². The second-order valence-corrected chi connectivity index (χ2v) is 6.85. The summed E-state index contributed by atoms with van der Waals surface area (Å²) in [4.78, 5) is 11.4. The van der Waals surface area contributed by atoms with Gasteiger partial charge in [-0.15, -0.1) is 0 Å². The third kappa shape index (κ3) is 5.55. The summed E-state index contributed by atoms with van der Waals surface area (Å²) < 4.78 is 4.88. The van der Waals surface area contributed by atoms with Gasteiger partial charge in [0.25, 0.3) is 0 Å². The molecule has 0 bridgehead atoms. The molecule has 1 rings (SSSR count). The Morgan fingerprint density at radius 2 is 1.90 bits per heavy atom. The van der Waals surface area contributed by atoms with E-state index in [9.17, 15) is 4.79 Å². The molecule has 0 spiro atoms. The van der Waals surface area contributed by atoms with Crippen molar-refractivity contribution >= 4 is 17.7 Å². The van der Waals surface area contributed by atoms with Crippen molar-refractivity contribution in [2.24, 2.45) is 5.73 Å². The molecule has 2 N–H and O–H groups in total. The van der Waals surface area contributed by atoms with E-state index in [1.54, 1.807) is 18.7 Å². The largest absolute Gasteiger partial charge is 0.465 e. The van der Waals surface area contributed by atoms with Crippen LogP contribution in [-0.2, 0) is 20.7 Å². The van der Waals surface area contributed by atoms with Gasteiger partial charge in [0.1, 0.15) is 6.04 Å². The molecule has 0 aliphatic rings. The number of esters is 1. The van der Waals surface area contributed by atoms with E-state index in [1.807, 2.05) is 0 Å². The number of thioether (sulfide) groups is 1. The van der Waals surface area contributed by atoms with Crippen molar-refractivity contribution in [2.75, 3.05) is 12.4 Å². The highest BCUT2D eigenvalue weighted by atomic mass is 32.2. The molecule has 1 unspecified atom stereocenters. The first-order valence-electron chi connectivity index (χ1n) is 6.94. The number of hydrogen-bond acceptors (Lipinski definition) is 4. The summed E-state index contributed by atoms with van der Waals surface area (Å²) in [5.74, 6) is 1.13. The highest BCUT2D eigenvalue weighted by Crippen LogP contribution is 2.23. The molecule has 0 heterocycles. The lowest BCUT2D eigenvalue weighted by Crippen LogP contribution is -2.34. The van der Waals surface area contributed by atoms with Gasteiger partial charge in [0.2, 0.25) is 0 Å². The van der Waals surface area contributed by atoms with Gasteiger partial charge in [-0.25, -0.2) is 0 Å². The van der Waals surface area contributed by atoms with Crippen LogP contribution in [0.15, 0.2) is 24.3 Å². The van der Waals surface area contributed by atoms with Crippen LogP contribution in [0.5, 0.6) is 0 Å². The molecular formula is C16H25NO2S. The van der Waals surface area contributed by atoms with Crippen LogP contribution >= 0.6 is 11.8 Å². The summed E-state index contributed by atoms with van der Waals surface area (Å²) >= 11 is 1.66. The van der Waals surface area contributed by atoms with Gasteiger partial charge in [-0.05, 0) is 23.5 Å². The third-order valence-corrected chi connectivity index (χ3v) is 4.11. The van der Waals surface area contributed by atoms with Crippen molar-refractivity contribution in [1.29, 1.82) is 0 Å². The maximum atomic E-state index is 11.4. The van der Waals surface area contributed by atoms with E-state index in [0.29, 0.717) is 12.4 Å². The molecule has 0 fully saturated rings. The molecule has 0 saturated heterocycles. The Kier molecular flexibility index (Phi) is 6.56. The van der Waals surface area contributed by atoms with Gasteiger partial charge in [-0.2, -0.15) is 11.8 Å².